The van der Waals surface area contributed by atoms with Gasteiger partial charge in [-0.1, -0.05) is 48.5 Å². The van der Waals surface area contributed by atoms with Crippen molar-refractivity contribution in [2.75, 3.05) is 0 Å². The van der Waals surface area contributed by atoms with Gasteiger partial charge >= 0.3 is 0 Å². The number of rotatable bonds is 5. The average Bonchev–Trinajstić information content (AvgIpc) is 2.97. The van der Waals surface area contributed by atoms with Gasteiger partial charge in [0.05, 0.1) is 17.1 Å². The van der Waals surface area contributed by atoms with E-state index in [4.69, 9.17) is 4.98 Å². The van der Waals surface area contributed by atoms with Crippen LogP contribution in [0.4, 0.5) is 0 Å². The number of fused-ring (bicyclic) bond motifs is 1. The SMILES string of the molecule is Cc1nn(C)c2c(=O)n(-c3ccccc3)c(CSCc3ccccc3)nc12. The van der Waals surface area contributed by atoms with E-state index in [2.05, 4.69) is 17.2 Å². The van der Waals surface area contributed by atoms with E-state index in [1.165, 1.54) is 5.56 Å². The Morgan fingerprint density at radius 1 is 0.963 bits per heavy atom. The molecule has 4 aromatic rings. The summed E-state index contributed by atoms with van der Waals surface area (Å²) in [6, 6.07) is 20.0. The lowest BCUT2D eigenvalue weighted by atomic mass is 10.2. The molecule has 0 radical (unpaired) electrons. The molecule has 0 fully saturated rings. The summed E-state index contributed by atoms with van der Waals surface area (Å²) in [4.78, 5) is 18.1. The summed E-state index contributed by atoms with van der Waals surface area (Å²) in [5.41, 5.74) is 4.00. The second-order valence-electron chi connectivity index (χ2n) is 6.39. The molecule has 0 aliphatic rings. The molecule has 0 unspecified atom stereocenters. The number of para-hydroxylation sites is 1. The van der Waals surface area contributed by atoms with Crippen molar-refractivity contribution in [1.29, 1.82) is 0 Å². The molecule has 0 saturated heterocycles. The Morgan fingerprint density at radius 3 is 2.33 bits per heavy atom. The van der Waals surface area contributed by atoms with Gasteiger partial charge in [0.15, 0.2) is 5.52 Å². The molecule has 0 N–H and O–H groups in total. The molecule has 2 aromatic heterocycles. The van der Waals surface area contributed by atoms with Gasteiger partial charge in [-0.05, 0) is 24.6 Å². The van der Waals surface area contributed by atoms with Crippen molar-refractivity contribution < 1.29 is 0 Å². The van der Waals surface area contributed by atoms with Crippen LogP contribution < -0.4 is 5.56 Å². The topological polar surface area (TPSA) is 52.7 Å². The Morgan fingerprint density at radius 2 is 1.63 bits per heavy atom. The van der Waals surface area contributed by atoms with Crippen molar-refractivity contribution in [1.82, 2.24) is 19.3 Å². The molecule has 0 aliphatic heterocycles. The maximum absolute atomic E-state index is 13.3. The molecule has 0 aliphatic carbocycles. The van der Waals surface area contributed by atoms with Crippen molar-refractivity contribution in [2.45, 2.75) is 18.4 Å². The Hall–Kier alpha value is -2.86. The minimum absolute atomic E-state index is 0.0791. The first-order valence-corrected chi connectivity index (χ1v) is 9.93. The largest absolute Gasteiger partial charge is 0.284 e. The molecule has 5 nitrogen and oxygen atoms in total. The highest BCUT2D eigenvalue weighted by atomic mass is 32.2. The van der Waals surface area contributed by atoms with E-state index >= 15 is 0 Å². The van der Waals surface area contributed by atoms with Crippen molar-refractivity contribution in [3.63, 3.8) is 0 Å². The molecule has 0 bridgehead atoms. The highest BCUT2D eigenvalue weighted by Gasteiger charge is 2.17. The maximum atomic E-state index is 13.3. The van der Waals surface area contributed by atoms with Crippen molar-refractivity contribution in [2.24, 2.45) is 7.05 Å². The first kappa shape index (κ1) is 17.5. The van der Waals surface area contributed by atoms with Gasteiger partial charge in [-0.3, -0.25) is 14.0 Å². The van der Waals surface area contributed by atoms with Crippen LogP contribution in [0.15, 0.2) is 65.5 Å². The third-order valence-corrected chi connectivity index (χ3v) is 5.45. The first-order chi connectivity index (χ1) is 13.1. The van der Waals surface area contributed by atoms with Crippen LogP contribution in [0, 0.1) is 6.92 Å². The molecule has 0 saturated carbocycles. The number of hydrogen-bond donors (Lipinski definition) is 0. The summed E-state index contributed by atoms with van der Waals surface area (Å²) >= 11 is 1.75. The fraction of sp³-hybridized carbons (Fsp3) is 0.190. The number of aromatic nitrogens is 4. The monoisotopic (exact) mass is 376 g/mol. The van der Waals surface area contributed by atoms with Crippen molar-refractivity contribution >= 4 is 22.8 Å². The molecular formula is C21H20N4OS. The maximum Gasteiger partial charge on any atom is 0.284 e. The van der Waals surface area contributed by atoms with Crippen molar-refractivity contribution in [3.05, 3.63) is 88.1 Å². The lowest BCUT2D eigenvalue weighted by Gasteiger charge is -2.13. The van der Waals surface area contributed by atoms with Crippen LogP contribution in [0.2, 0.25) is 0 Å². The Labute approximate surface area is 161 Å². The molecule has 27 heavy (non-hydrogen) atoms. The molecular weight excluding hydrogens is 356 g/mol. The predicted molar refractivity (Wildman–Crippen MR) is 110 cm³/mol. The van der Waals surface area contributed by atoms with Gasteiger partial charge in [0.2, 0.25) is 0 Å². The van der Waals surface area contributed by atoms with E-state index in [0.29, 0.717) is 16.8 Å². The van der Waals surface area contributed by atoms with Gasteiger partial charge in [-0.15, -0.1) is 11.8 Å². The zero-order valence-electron chi connectivity index (χ0n) is 15.3. The van der Waals surface area contributed by atoms with Crippen LogP contribution in [0.3, 0.4) is 0 Å². The smallest absolute Gasteiger partial charge is 0.266 e. The Balaban J connectivity index is 1.78. The van der Waals surface area contributed by atoms with E-state index < -0.39 is 0 Å². The van der Waals surface area contributed by atoms with Crippen LogP contribution in [-0.4, -0.2) is 19.3 Å². The summed E-state index contributed by atoms with van der Waals surface area (Å²) in [7, 11) is 1.79. The number of aryl methyl sites for hydroxylation is 2. The summed E-state index contributed by atoms with van der Waals surface area (Å²) in [5, 5.41) is 4.39. The minimum Gasteiger partial charge on any atom is -0.266 e. The summed E-state index contributed by atoms with van der Waals surface area (Å²) < 4.78 is 3.34. The minimum atomic E-state index is -0.0791. The highest BCUT2D eigenvalue weighted by molar-refractivity contribution is 7.97. The van der Waals surface area contributed by atoms with E-state index in [1.807, 2.05) is 55.5 Å². The highest BCUT2D eigenvalue weighted by Crippen LogP contribution is 2.21. The Kier molecular flexibility index (Phi) is 4.81. The quantitative estimate of drug-likeness (QED) is 0.531. The van der Waals surface area contributed by atoms with Gasteiger partial charge in [0, 0.05) is 12.8 Å². The van der Waals surface area contributed by atoms with Gasteiger partial charge in [-0.2, -0.15) is 5.10 Å². The molecule has 0 spiro atoms. The van der Waals surface area contributed by atoms with Crippen LogP contribution >= 0.6 is 11.8 Å². The lowest BCUT2D eigenvalue weighted by molar-refractivity contribution is 0.772. The zero-order valence-corrected chi connectivity index (χ0v) is 16.1. The van der Waals surface area contributed by atoms with Crippen LogP contribution in [-0.2, 0) is 18.6 Å². The molecule has 4 rings (SSSR count). The van der Waals surface area contributed by atoms with Gasteiger partial charge < -0.3 is 0 Å². The van der Waals surface area contributed by atoms with E-state index in [1.54, 1.807) is 28.1 Å². The van der Waals surface area contributed by atoms with Crippen LogP contribution in [0.5, 0.6) is 0 Å². The fourth-order valence-corrected chi connectivity index (χ4v) is 4.10. The molecule has 0 amide bonds. The third kappa shape index (κ3) is 3.40. The third-order valence-electron chi connectivity index (χ3n) is 4.45. The average molecular weight is 376 g/mol. The van der Waals surface area contributed by atoms with E-state index in [9.17, 15) is 4.79 Å². The second kappa shape index (κ2) is 7.40. The predicted octanol–water partition coefficient (Wildman–Crippen LogP) is 3.86. The van der Waals surface area contributed by atoms with E-state index in [0.717, 1.165) is 23.0 Å². The zero-order chi connectivity index (χ0) is 18.8. The van der Waals surface area contributed by atoms with Crippen LogP contribution in [0.25, 0.3) is 16.7 Å². The molecule has 136 valence electrons. The Bertz CT molecular complexity index is 1130. The molecule has 2 aromatic carbocycles. The fourth-order valence-electron chi connectivity index (χ4n) is 3.20. The number of hydrogen-bond acceptors (Lipinski definition) is 4. The van der Waals surface area contributed by atoms with E-state index in [-0.39, 0.29) is 5.56 Å². The number of benzene rings is 2. The molecule has 0 atom stereocenters. The standard InChI is InChI=1S/C21H20N4OS/c1-15-19-20(24(2)23-15)21(26)25(17-11-7-4-8-12-17)18(22-19)14-27-13-16-9-5-3-6-10-16/h3-12H,13-14H2,1-2H3. The number of thioether (sulfide) groups is 1. The van der Waals surface area contributed by atoms with Gasteiger partial charge in [0.25, 0.3) is 5.56 Å². The van der Waals surface area contributed by atoms with Gasteiger partial charge in [0.1, 0.15) is 11.3 Å². The van der Waals surface area contributed by atoms with Gasteiger partial charge in [-0.25, -0.2) is 4.98 Å². The first-order valence-electron chi connectivity index (χ1n) is 8.77. The summed E-state index contributed by atoms with van der Waals surface area (Å²) in [6.07, 6.45) is 0. The molecule has 2 heterocycles. The summed E-state index contributed by atoms with van der Waals surface area (Å²) in [5.74, 6) is 2.26. The number of nitrogens with zero attached hydrogens (tertiary/aromatic N) is 4. The van der Waals surface area contributed by atoms with Crippen molar-refractivity contribution in [3.8, 4) is 5.69 Å². The van der Waals surface area contributed by atoms with Crippen LogP contribution in [0.1, 0.15) is 17.1 Å². The lowest BCUT2D eigenvalue weighted by Crippen LogP contribution is -2.24. The second-order valence-corrected chi connectivity index (χ2v) is 7.37. The normalized spacial score (nSPS) is 11.2. The molecule has 6 heteroatoms. The summed E-state index contributed by atoms with van der Waals surface area (Å²) in [6.45, 7) is 1.89.